The number of hydrogen-bond donors (Lipinski definition) is 0. The van der Waals surface area contributed by atoms with Crippen LogP contribution in [0.3, 0.4) is 0 Å². The fourth-order valence-corrected chi connectivity index (χ4v) is 5.95. The van der Waals surface area contributed by atoms with Crippen molar-refractivity contribution >= 4 is 26.8 Å². The van der Waals surface area contributed by atoms with E-state index < -0.39 is 9.84 Å². The Morgan fingerprint density at radius 2 is 1.89 bits per heavy atom. The van der Waals surface area contributed by atoms with E-state index in [9.17, 15) is 13.2 Å². The molecule has 1 saturated carbocycles. The molecule has 1 amide bonds. The van der Waals surface area contributed by atoms with Crippen molar-refractivity contribution in [2.24, 2.45) is 11.8 Å². The molecule has 0 atom stereocenters. The zero-order valence-corrected chi connectivity index (χ0v) is 16.4. The van der Waals surface area contributed by atoms with E-state index >= 15 is 0 Å². The standard InChI is InChI=1S/C19H24N4O3S/c1-11(2)23-18-16(6-20-23)15(5-17(21-18)12-3-4-12)19(24)22-7-13(8-22)14-9-27(25,26)10-14/h5-6,11-14H,3-4,7-10H2,1-2H3. The molecular weight excluding hydrogens is 364 g/mol. The summed E-state index contributed by atoms with van der Waals surface area (Å²) in [7, 11) is -2.81. The molecule has 2 aromatic rings. The van der Waals surface area contributed by atoms with Gasteiger partial charge in [0.1, 0.15) is 0 Å². The lowest BCUT2D eigenvalue weighted by atomic mass is 9.87. The van der Waals surface area contributed by atoms with Crippen LogP contribution in [-0.2, 0) is 9.84 Å². The molecule has 3 fully saturated rings. The summed E-state index contributed by atoms with van der Waals surface area (Å²) in [5.41, 5.74) is 2.48. The molecule has 3 aliphatic rings. The van der Waals surface area contributed by atoms with E-state index in [0.29, 0.717) is 30.5 Å². The highest BCUT2D eigenvalue weighted by atomic mass is 32.2. The van der Waals surface area contributed by atoms with Crippen LogP contribution in [0.4, 0.5) is 0 Å². The van der Waals surface area contributed by atoms with Gasteiger partial charge in [-0.05, 0) is 44.6 Å². The molecule has 0 spiro atoms. The molecule has 0 N–H and O–H groups in total. The van der Waals surface area contributed by atoms with Gasteiger partial charge in [-0.15, -0.1) is 0 Å². The van der Waals surface area contributed by atoms with E-state index in [0.717, 1.165) is 29.6 Å². The Hall–Kier alpha value is -1.96. The summed E-state index contributed by atoms with van der Waals surface area (Å²) in [5.74, 6) is 1.59. The van der Waals surface area contributed by atoms with Crippen LogP contribution in [0.5, 0.6) is 0 Å². The third kappa shape index (κ3) is 2.85. The number of pyridine rings is 1. The Morgan fingerprint density at radius 3 is 2.48 bits per heavy atom. The van der Waals surface area contributed by atoms with Gasteiger partial charge in [-0.2, -0.15) is 5.10 Å². The number of amides is 1. The Kier molecular flexibility index (Phi) is 3.67. The average molecular weight is 388 g/mol. The molecule has 2 saturated heterocycles. The quantitative estimate of drug-likeness (QED) is 0.800. The molecule has 2 aromatic heterocycles. The molecule has 2 aliphatic heterocycles. The Bertz CT molecular complexity index is 1020. The van der Waals surface area contributed by atoms with Crippen LogP contribution in [0, 0.1) is 11.8 Å². The van der Waals surface area contributed by atoms with Gasteiger partial charge >= 0.3 is 0 Å². The van der Waals surface area contributed by atoms with E-state index in [2.05, 4.69) is 18.9 Å². The van der Waals surface area contributed by atoms with Crippen molar-refractivity contribution in [2.75, 3.05) is 24.6 Å². The van der Waals surface area contributed by atoms with Gasteiger partial charge < -0.3 is 4.90 Å². The zero-order chi connectivity index (χ0) is 18.9. The molecule has 4 heterocycles. The summed E-state index contributed by atoms with van der Waals surface area (Å²) >= 11 is 0. The van der Waals surface area contributed by atoms with Crippen molar-refractivity contribution in [3.8, 4) is 0 Å². The molecule has 5 rings (SSSR count). The minimum Gasteiger partial charge on any atom is -0.338 e. The number of fused-ring (bicyclic) bond motifs is 1. The molecular formula is C19H24N4O3S. The minimum absolute atomic E-state index is 0.0195. The van der Waals surface area contributed by atoms with Gasteiger partial charge in [-0.25, -0.2) is 18.1 Å². The molecule has 7 nitrogen and oxygen atoms in total. The first-order valence-corrected chi connectivity index (χ1v) is 11.5. The topological polar surface area (TPSA) is 85.2 Å². The van der Waals surface area contributed by atoms with Crippen LogP contribution in [-0.4, -0.2) is 58.6 Å². The average Bonchev–Trinajstić information content (AvgIpc) is 3.29. The Balaban J connectivity index is 1.42. The fourth-order valence-electron chi connectivity index (χ4n) is 4.20. The van der Waals surface area contributed by atoms with E-state index in [4.69, 9.17) is 4.98 Å². The number of sulfone groups is 1. The molecule has 0 aromatic carbocycles. The molecule has 27 heavy (non-hydrogen) atoms. The van der Waals surface area contributed by atoms with Crippen molar-refractivity contribution in [3.05, 3.63) is 23.5 Å². The van der Waals surface area contributed by atoms with Crippen LogP contribution in [0.25, 0.3) is 11.0 Å². The lowest BCUT2D eigenvalue weighted by Gasteiger charge is -2.46. The number of rotatable bonds is 4. The highest BCUT2D eigenvalue weighted by molar-refractivity contribution is 7.92. The first kappa shape index (κ1) is 17.2. The number of carbonyl (C=O) groups excluding carboxylic acids is 1. The van der Waals surface area contributed by atoms with E-state index in [1.807, 2.05) is 15.6 Å². The van der Waals surface area contributed by atoms with Crippen molar-refractivity contribution in [1.82, 2.24) is 19.7 Å². The van der Waals surface area contributed by atoms with E-state index in [-0.39, 0.29) is 29.4 Å². The van der Waals surface area contributed by atoms with Gasteiger partial charge in [0.05, 0.1) is 28.7 Å². The second kappa shape index (κ2) is 5.77. The smallest absolute Gasteiger partial charge is 0.254 e. The predicted molar refractivity (Wildman–Crippen MR) is 101 cm³/mol. The molecule has 144 valence electrons. The third-order valence-corrected chi connectivity index (χ3v) is 7.97. The Labute approximate surface area is 158 Å². The third-order valence-electron chi connectivity index (χ3n) is 6.10. The first-order valence-electron chi connectivity index (χ1n) is 9.70. The van der Waals surface area contributed by atoms with Gasteiger partial charge in [0.15, 0.2) is 15.5 Å². The molecule has 8 heteroatoms. The highest BCUT2D eigenvalue weighted by Gasteiger charge is 2.45. The first-order chi connectivity index (χ1) is 12.8. The van der Waals surface area contributed by atoms with Crippen molar-refractivity contribution in [3.63, 3.8) is 0 Å². The second-order valence-electron chi connectivity index (χ2n) is 8.60. The fraction of sp³-hybridized carbons (Fsp3) is 0.632. The summed E-state index contributed by atoms with van der Waals surface area (Å²) in [4.78, 5) is 19.8. The maximum atomic E-state index is 13.2. The molecule has 0 radical (unpaired) electrons. The van der Waals surface area contributed by atoms with Crippen LogP contribution >= 0.6 is 0 Å². The summed E-state index contributed by atoms with van der Waals surface area (Å²) in [5, 5.41) is 5.27. The van der Waals surface area contributed by atoms with Crippen LogP contribution < -0.4 is 0 Å². The summed E-state index contributed by atoms with van der Waals surface area (Å²) in [6.07, 6.45) is 4.01. The monoisotopic (exact) mass is 388 g/mol. The lowest BCUT2D eigenvalue weighted by molar-refractivity contribution is 0.0401. The maximum absolute atomic E-state index is 13.2. The van der Waals surface area contributed by atoms with Gasteiger partial charge in [0, 0.05) is 30.7 Å². The number of likely N-dealkylation sites (tertiary alicyclic amines) is 1. The number of hydrogen-bond acceptors (Lipinski definition) is 5. The summed E-state index contributed by atoms with van der Waals surface area (Å²) < 4.78 is 24.7. The maximum Gasteiger partial charge on any atom is 0.254 e. The van der Waals surface area contributed by atoms with Crippen molar-refractivity contribution in [1.29, 1.82) is 0 Å². The minimum atomic E-state index is -2.81. The number of carbonyl (C=O) groups is 1. The van der Waals surface area contributed by atoms with Gasteiger partial charge in [-0.1, -0.05) is 0 Å². The van der Waals surface area contributed by atoms with Crippen molar-refractivity contribution < 1.29 is 13.2 Å². The lowest BCUT2D eigenvalue weighted by Crippen LogP contribution is -2.57. The molecule has 0 bridgehead atoms. The SMILES string of the molecule is CC(C)n1ncc2c(C(=O)N3CC(C4CS(=O)(=O)C4)C3)cc(C3CC3)nc21. The van der Waals surface area contributed by atoms with Gasteiger partial charge in [0.25, 0.3) is 5.91 Å². The summed E-state index contributed by atoms with van der Waals surface area (Å²) in [6, 6.07) is 2.14. The van der Waals surface area contributed by atoms with E-state index in [1.54, 1.807) is 6.20 Å². The second-order valence-corrected chi connectivity index (χ2v) is 10.8. The summed E-state index contributed by atoms with van der Waals surface area (Å²) in [6.45, 7) is 5.43. The molecule has 0 unspecified atom stereocenters. The largest absolute Gasteiger partial charge is 0.338 e. The highest BCUT2D eigenvalue weighted by Crippen LogP contribution is 2.41. The normalized spacial score (nSPS) is 22.9. The Morgan fingerprint density at radius 1 is 1.19 bits per heavy atom. The number of aromatic nitrogens is 3. The zero-order valence-electron chi connectivity index (χ0n) is 15.6. The van der Waals surface area contributed by atoms with E-state index in [1.165, 1.54) is 0 Å². The van der Waals surface area contributed by atoms with Crippen molar-refractivity contribution in [2.45, 2.75) is 38.6 Å². The molecule has 1 aliphatic carbocycles. The van der Waals surface area contributed by atoms with Crippen LogP contribution in [0.15, 0.2) is 12.3 Å². The van der Waals surface area contributed by atoms with Gasteiger partial charge in [0.2, 0.25) is 0 Å². The van der Waals surface area contributed by atoms with Crippen LogP contribution in [0.1, 0.15) is 54.7 Å². The van der Waals surface area contributed by atoms with Gasteiger partial charge in [-0.3, -0.25) is 4.79 Å². The van der Waals surface area contributed by atoms with Crippen LogP contribution in [0.2, 0.25) is 0 Å². The predicted octanol–water partition coefficient (Wildman–Crippen LogP) is 2.01. The number of nitrogens with zero attached hydrogens (tertiary/aromatic N) is 4.